The minimum absolute atomic E-state index is 0.112. The van der Waals surface area contributed by atoms with Gasteiger partial charge in [-0.15, -0.1) is 11.8 Å². The molecule has 0 fully saturated rings. The van der Waals surface area contributed by atoms with Gasteiger partial charge in [-0.25, -0.2) is 4.39 Å². The summed E-state index contributed by atoms with van der Waals surface area (Å²) in [5.74, 6) is -0.956. The normalized spacial score (nSPS) is 10.7. The fourth-order valence-electron chi connectivity index (χ4n) is 2.51. The Labute approximate surface area is 186 Å². The van der Waals surface area contributed by atoms with Crippen molar-refractivity contribution in [1.82, 2.24) is 0 Å². The molecule has 3 aromatic rings. The second-order valence-corrected chi connectivity index (χ2v) is 8.19. The molecule has 152 valence electrons. The minimum Gasteiger partial charge on any atom is -0.323 e. The van der Waals surface area contributed by atoms with Crippen molar-refractivity contribution in [2.45, 2.75) is 4.90 Å². The number of nitrogens with one attached hydrogen (secondary N) is 2. The number of hydrogen-bond donors (Lipinski definition) is 2. The summed E-state index contributed by atoms with van der Waals surface area (Å²) in [5.41, 5.74) is 1.70. The molecule has 0 radical (unpaired) electrons. The molecule has 0 aliphatic carbocycles. The van der Waals surface area contributed by atoms with E-state index < -0.39 is 5.82 Å². The van der Waals surface area contributed by atoms with E-state index in [9.17, 15) is 14.0 Å². The fraction of sp³-hybridized carbons (Fsp3) is 0.0435. The van der Waals surface area contributed by atoms with Gasteiger partial charge in [-0.3, -0.25) is 9.59 Å². The number of thioether (sulfide) groups is 1. The van der Waals surface area contributed by atoms with Crippen molar-refractivity contribution in [3.63, 3.8) is 0 Å². The van der Waals surface area contributed by atoms with Crippen molar-refractivity contribution in [1.29, 1.82) is 0 Å². The molecule has 0 heterocycles. The van der Waals surface area contributed by atoms with Gasteiger partial charge in [-0.2, -0.15) is 0 Å². The van der Waals surface area contributed by atoms with Crippen LogP contribution in [0.4, 0.5) is 15.8 Å². The molecule has 30 heavy (non-hydrogen) atoms. The summed E-state index contributed by atoms with van der Waals surface area (Å²) < 4.78 is 14.4. The third-order valence-electron chi connectivity index (χ3n) is 3.90. The summed E-state index contributed by atoms with van der Waals surface area (Å²) >= 11 is 4.47. The van der Waals surface area contributed by atoms with Crippen LogP contribution in [-0.4, -0.2) is 17.6 Å². The van der Waals surface area contributed by atoms with Gasteiger partial charge in [0.2, 0.25) is 11.8 Å². The number of anilines is 2. The van der Waals surface area contributed by atoms with E-state index in [1.54, 1.807) is 30.3 Å². The molecule has 3 aromatic carbocycles. The summed E-state index contributed by atoms with van der Waals surface area (Å²) in [7, 11) is 0. The van der Waals surface area contributed by atoms with Gasteiger partial charge >= 0.3 is 0 Å². The Morgan fingerprint density at radius 3 is 2.53 bits per heavy atom. The largest absolute Gasteiger partial charge is 0.323 e. The predicted octanol–water partition coefficient (Wildman–Crippen LogP) is 5.97. The van der Waals surface area contributed by atoms with Crippen molar-refractivity contribution < 1.29 is 14.0 Å². The van der Waals surface area contributed by atoms with Crippen molar-refractivity contribution in [3.05, 3.63) is 94.7 Å². The molecule has 3 rings (SSSR count). The van der Waals surface area contributed by atoms with Crippen molar-refractivity contribution in [2.24, 2.45) is 0 Å². The third-order valence-corrected chi connectivity index (χ3v) is 5.39. The van der Waals surface area contributed by atoms with Crippen LogP contribution in [0.15, 0.2) is 88.2 Å². The van der Waals surface area contributed by atoms with E-state index in [0.717, 1.165) is 10.5 Å². The van der Waals surface area contributed by atoms with Gasteiger partial charge < -0.3 is 10.6 Å². The Bertz CT molecular complexity index is 1070. The van der Waals surface area contributed by atoms with E-state index in [1.807, 2.05) is 36.4 Å². The van der Waals surface area contributed by atoms with E-state index >= 15 is 0 Å². The molecule has 7 heteroatoms. The molecule has 0 spiro atoms. The number of benzene rings is 3. The highest BCUT2D eigenvalue weighted by Crippen LogP contribution is 2.23. The van der Waals surface area contributed by atoms with Gasteiger partial charge in [-0.05, 0) is 48.0 Å². The number of hydrogen-bond acceptors (Lipinski definition) is 3. The van der Waals surface area contributed by atoms with Gasteiger partial charge in [0.1, 0.15) is 5.82 Å². The van der Waals surface area contributed by atoms with Crippen LogP contribution in [0.25, 0.3) is 6.08 Å². The summed E-state index contributed by atoms with van der Waals surface area (Å²) in [4.78, 5) is 25.0. The van der Waals surface area contributed by atoms with Crippen LogP contribution in [0.3, 0.4) is 0 Å². The standard InChI is InChI=1S/C23H18BrFN2O2S/c24-17-10-11-21(20(25)13-17)27-23(29)15-30-19-8-4-7-18(14-19)26-22(28)12-9-16-5-2-1-3-6-16/h1-14H,15H2,(H,26,28)(H,27,29)/b12-9+. The van der Waals surface area contributed by atoms with E-state index in [4.69, 9.17) is 0 Å². The van der Waals surface area contributed by atoms with E-state index in [1.165, 1.54) is 30.0 Å². The van der Waals surface area contributed by atoms with Crippen molar-refractivity contribution in [3.8, 4) is 0 Å². The first-order valence-electron chi connectivity index (χ1n) is 9.01. The second kappa shape index (κ2) is 10.8. The Morgan fingerprint density at radius 2 is 1.77 bits per heavy atom. The molecule has 0 unspecified atom stereocenters. The SMILES string of the molecule is O=C(/C=C/c1ccccc1)Nc1cccc(SCC(=O)Nc2ccc(Br)cc2F)c1. The lowest BCUT2D eigenvalue weighted by Gasteiger charge is -2.08. The van der Waals surface area contributed by atoms with Crippen LogP contribution in [-0.2, 0) is 9.59 Å². The Balaban J connectivity index is 1.53. The third kappa shape index (κ3) is 6.86. The van der Waals surface area contributed by atoms with Gasteiger partial charge in [0.05, 0.1) is 11.4 Å². The van der Waals surface area contributed by atoms with Gasteiger partial charge in [0.25, 0.3) is 0 Å². The highest BCUT2D eigenvalue weighted by molar-refractivity contribution is 9.10. The summed E-state index contributed by atoms with van der Waals surface area (Å²) in [6, 6.07) is 21.2. The molecule has 0 bridgehead atoms. The van der Waals surface area contributed by atoms with E-state index in [-0.39, 0.29) is 23.3 Å². The monoisotopic (exact) mass is 484 g/mol. The maximum atomic E-state index is 13.8. The summed E-state index contributed by atoms with van der Waals surface area (Å²) in [6.07, 6.45) is 3.20. The fourth-order valence-corrected chi connectivity index (χ4v) is 3.60. The lowest BCUT2D eigenvalue weighted by Crippen LogP contribution is -2.15. The lowest BCUT2D eigenvalue weighted by atomic mass is 10.2. The molecule has 0 saturated heterocycles. The summed E-state index contributed by atoms with van der Waals surface area (Å²) in [6.45, 7) is 0. The maximum absolute atomic E-state index is 13.8. The molecular formula is C23H18BrFN2O2S. The average molecular weight is 485 g/mol. The molecule has 0 atom stereocenters. The number of carbonyl (C=O) groups is 2. The molecule has 0 aliphatic rings. The van der Waals surface area contributed by atoms with E-state index in [0.29, 0.717) is 10.2 Å². The number of carbonyl (C=O) groups excluding carboxylic acids is 2. The molecule has 2 amide bonds. The Hall–Kier alpha value is -2.90. The topological polar surface area (TPSA) is 58.2 Å². The van der Waals surface area contributed by atoms with Gasteiger partial charge in [-0.1, -0.05) is 52.3 Å². The first kappa shape index (κ1) is 21.8. The first-order valence-corrected chi connectivity index (χ1v) is 10.8. The van der Waals surface area contributed by atoms with E-state index in [2.05, 4.69) is 26.6 Å². The molecule has 0 aromatic heterocycles. The van der Waals surface area contributed by atoms with Crippen LogP contribution in [0.1, 0.15) is 5.56 Å². The quantitative estimate of drug-likeness (QED) is 0.320. The van der Waals surface area contributed by atoms with Crippen LogP contribution in [0.5, 0.6) is 0 Å². The Morgan fingerprint density at radius 1 is 0.967 bits per heavy atom. The zero-order valence-electron chi connectivity index (χ0n) is 15.8. The highest BCUT2D eigenvalue weighted by atomic mass is 79.9. The van der Waals surface area contributed by atoms with Crippen LogP contribution in [0.2, 0.25) is 0 Å². The molecule has 4 nitrogen and oxygen atoms in total. The van der Waals surface area contributed by atoms with Crippen LogP contribution >= 0.6 is 27.7 Å². The minimum atomic E-state index is -0.504. The molecule has 0 saturated carbocycles. The molecular weight excluding hydrogens is 467 g/mol. The van der Waals surface area contributed by atoms with Gasteiger partial charge in [0.15, 0.2) is 0 Å². The number of rotatable bonds is 7. The number of halogens is 2. The molecule has 0 aliphatic heterocycles. The zero-order chi connectivity index (χ0) is 21.3. The van der Waals surface area contributed by atoms with Crippen LogP contribution in [0, 0.1) is 5.82 Å². The van der Waals surface area contributed by atoms with Crippen molar-refractivity contribution >= 4 is 57.0 Å². The summed E-state index contributed by atoms with van der Waals surface area (Å²) in [5, 5.41) is 5.35. The average Bonchev–Trinajstić information content (AvgIpc) is 2.74. The maximum Gasteiger partial charge on any atom is 0.248 e. The zero-order valence-corrected chi connectivity index (χ0v) is 18.2. The Kier molecular flexibility index (Phi) is 7.82. The smallest absolute Gasteiger partial charge is 0.248 e. The van der Waals surface area contributed by atoms with Crippen LogP contribution < -0.4 is 10.6 Å². The molecule has 2 N–H and O–H groups in total. The first-order chi connectivity index (χ1) is 14.5. The predicted molar refractivity (Wildman–Crippen MR) is 124 cm³/mol. The number of amides is 2. The van der Waals surface area contributed by atoms with Gasteiger partial charge in [0, 0.05) is 21.1 Å². The highest BCUT2D eigenvalue weighted by Gasteiger charge is 2.09. The lowest BCUT2D eigenvalue weighted by molar-refractivity contribution is -0.114. The van der Waals surface area contributed by atoms with Crippen molar-refractivity contribution in [2.75, 3.05) is 16.4 Å². The second-order valence-electron chi connectivity index (χ2n) is 6.22.